The Balaban J connectivity index is 2.54. The number of rotatable bonds is 2. The van der Waals surface area contributed by atoms with Gasteiger partial charge in [-0.2, -0.15) is 13.2 Å². The largest absolute Gasteiger partial charge is 0.416 e. The number of alkyl halides is 3. The van der Waals surface area contributed by atoms with E-state index in [4.69, 9.17) is 0 Å². The molecule has 0 aliphatic heterocycles. The number of benzene rings is 1. The van der Waals surface area contributed by atoms with Gasteiger partial charge < -0.3 is 9.67 Å². The molecule has 1 aromatic carbocycles. The smallest absolute Gasteiger partial charge is 0.380 e. The Morgan fingerprint density at radius 3 is 2.53 bits per heavy atom. The summed E-state index contributed by atoms with van der Waals surface area (Å²) in [5, 5.41) is 9.99. The average molecular weight is 274 g/mol. The van der Waals surface area contributed by atoms with Crippen molar-refractivity contribution in [2.75, 3.05) is 0 Å². The highest BCUT2D eigenvalue weighted by molar-refractivity contribution is 5.35. The molecule has 3 nitrogen and oxygen atoms in total. The van der Waals surface area contributed by atoms with Gasteiger partial charge in [0.1, 0.15) is 17.7 Å². The minimum absolute atomic E-state index is 0.0529. The zero-order valence-corrected chi connectivity index (χ0v) is 9.82. The van der Waals surface area contributed by atoms with Crippen LogP contribution in [0.25, 0.3) is 0 Å². The monoisotopic (exact) mass is 274 g/mol. The van der Waals surface area contributed by atoms with Crippen LogP contribution in [-0.2, 0) is 13.2 Å². The summed E-state index contributed by atoms with van der Waals surface area (Å²) in [6, 6.07) is 2.15. The number of aliphatic hydroxyl groups is 1. The fourth-order valence-corrected chi connectivity index (χ4v) is 1.79. The molecule has 19 heavy (non-hydrogen) atoms. The molecule has 2 aromatic rings. The van der Waals surface area contributed by atoms with Gasteiger partial charge in [-0.1, -0.05) is 6.07 Å². The van der Waals surface area contributed by atoms with Crippen LogP contribution in [0.4, 0.5) is 17.6 Å². The fraction of sp³-hybridized carbons (Fsp3) is 0.250. The van der Waals surface area contributed by atoms with E-state index < -0.39 is 29.2 Å². The van der Waals surface area contributed by atoms with Crippen LogP contribution in [0, 0.1) is 5.82 Å². The summed E-state index contributed by atoms with van der Waals surface area (Å²) in [5.74, 6) is -0.958. The van der Waals surface area contributed by atoms with E-state index in [0.717, 1.165) is 12.1 Å². The quantitative estimate of drug-likeness (QED) is 0.855. The Morgan fingerprint density at radius 1 is 1.32 bits per heavy atom. The molecule has 0 aliphatic carbocycles. The van der Waals surface area contributed by atoms with E-state index in [9.17, 15) is 22.7 Å². The van der Waals surface area contributed by atoms with Crippen molar-refractivity contribution < 1.29 is 22.7 Å². The lowest BCUT2D eigenvalue weighted by atomic mass is 10.0. The van der Waals surface area contributed by atoms with Gasteiger partial charge in [-0.25, -0.2) is 9.37 Å². The van der Waals surface area contributed by atoms with Crippen LogP contribution >= 0.6 is 0 Å². The van der Waals surface area contributed by atoms with Gasteiger partial charge in [-0.3, -0.25) is 0 Å². The molecular formula is C12H10F4N2O. The van der Waals surface area contributed by atoms with Gasteiger partial charge >= 0.3 is 6.18 Å². The Kier molecular flexibility index (Phi) is 3.32. The van der Waals surface area contributed by atoms with Gasteiger partial charge in [0, 0.05) is 25.0 Å². The van der Waals surface area contributed by atoms with Crippen molar-refractivity contribution in [2.24, 2.45) is 7.05 Å². The number of hydrogen-bond donors (Lipinski definition) is 1. The number of aryl methyl sites for hydroxylation is 1. The predicted molar refractivity (Wildman–Crippen MR) is 58.7 cm³/mol. The molecule has 102 valence electrons. The maximum Gasteiger partial charge on any atom is 0.416 e. The van der Waals surface area contributed by atoms with Crippen molar-refractivity contribution in [1.29, 1.82) is 0 Å². The Bertz CT molecular complexity index is 592. The van der Waals surface area contributed by atoms with Crippen LogP contribution in [0.5, 0.6) is 0 Å². The van der Waals surface area contributed by atoms with Crippen molar-refractivity contribution in [2.45, 2.75) is 12.3 Å². The summed E-state index contributed by atoms with van der Waals surface area (Å²) in [5.41, 5.74) is -1.63. The highest BCUT2D eigenvalue weighted by Crippen LogP contribution is 2.36. The normalized spacial score (nSPS) is 13.6. The van der Waals surface area contributed by atoms with Crippen LogP contribution in [0.1, 0.15) is 23.1 Å². The molecule has 0 aliphatic rings. The number of aliphatic hydroxyl groups excluding tert-OH is 1. The van der Waals surface area contributed by atoms with Crippen LogP contribution in [0.3, 0.4) is 0 Å². The number of hydrogen-bond acceptors (Lipinski definition) is 2. The Hall–Kier alpha value is -1.89. The van der Waals surface area contributed by atoms with Crippen LogP contribution in [-0.4, -0.2) is 14.7 Å². The Morgan fingerprint density at radius 2 is 2.00 bits per heavy atom. The van der Waals surface area contributed by atoms with Crippen LogP contribution in [0.2, 0.25) is 0 Å². The van der Waals surface area contributed by atoms with Crippen LogP contribution in [0.15, 0.2) is 30.6 Å². The molecule has 1 aromatic heterocycles. The minimum atomic E-state index is -4.75. The van der Waals surface area contributed by atoms with E-state index in [0.29, 0.717) is 6.07 Å². The van der Waals surface area contributed by atoms with Crippen molar-refractivity contribution in [1.82, 2.24) is 9.55 Å². The second kappa shape index (κ2) is 4.65. The molecule has 2 rings (SSSR count). The highest BCUT2D eigenvalue weighted by atomic mass is 19.4. The van der Waals surface area contributed by atoms with E-state index in [2.05, 4.69) is 4.98 Å². The van der Waals surface area contributed by atoms with Gasteiger partial charge in [0.25, 0.3) is 0 Å². The molecule has 0 bridgehead atoms. The first-order chi connectivity index (χ1) is 8.80. The number of imidazole rings is 1. The molecule has 0 radical (unpaired) electrons. The third-order valence-corrected chi connectivity index (χ3v) is 2.72. The number of nitrogens with zero attached hydrogens (tertiary/aromatic N) is 2. The lowest BCUT2D eigenvalue weighted by molar-refractivity contribution is -0.139. The van der Waals surface area contributed by atoms with Gasteiger partial charge in [0.15, 0.2) is 0 Å². The lowest BCUT2D eigenvalue weighted by Crippen LogP contribution is -2.15. The summed E-state index contributed by atoms with van der Waals surface area (Å²) in [6.07, 6.45) is -3.47. The summed E-state index contributed by atoms with van der Waals surface area (Å²) < 4.78 is 52.8. The van der Waals surface area contributed by atoms with Gasteiger partial charge in [-0.05, 0) is 12.1 Å². The standard InChI is InChI=1S/C12H10F4N2O/c1-18-5-4-17-11(18)10(19)8-3-2-7(13)6-9(8)12(14,15)16/h2-6,10,19H,1H3. The molecule has 0 saturated carbocycles. The summed E-state index contributed by atoms with van der Waals surface area (Å²) in [7, 11) is 1.54. The van der Waals surface area contributed by atoms with Crippen molar-refractivity contribution in [3.63, 3.8) is 0 Å². The predicted octanol–water partition coefficient (Wildman–Crippen LogP) is 2.66. The van der Waals surface area contributed by atoms with Crippen molar-refractivity contribution in [3.05, 3.63) is 53.4 Å². The average Bonchev–Trinajstić information content (AvgIpc) is 2.73. The molecule has 1 atom stereocenters. The summed E-state index contributed by atoms with van der Waals surface area (Å²) in [6.45, 7) is 0. The third-order valence-electron chi connectivity index (χ3n) is 2.72. The zero-order chi connectivity index (χ0) is 14.2. The molecular weight excluding hydrogens is 264 g/mol. The van der Waals surface area contributed by atoms with E-state index in [-0.39, 0.29) is 5.82 Å². The van der Waals surface area contributed by atoms with E-state index in [1.165, 1.54) is 17.0 Å². The fourth-order valence-electron chi connectivity index (χ4n) is 1.79. The Labute approximate surface area is 106 Å². The van der Waals surface area contributed by atoms with Crippen molar-refractivity contribution >= 4 is 0 Å². The molecule has 0 fully saturated rings. The molecule has 0 amide bonds. The number of halogens is 4. The molecule has 0 spiro atoms. The first kappa shape index (κ1) is 13.5. The topological polar surface area (TPSA) is 38.0 Å². The first-order valence-corrected chi connectivity index (χ1v) is 5.32. The SMILES string of the molecule is Cn1ccnc1C(O)c1ccc(F)cc1C(F)(F)F. The van der Waals surface area contributed by atoms with Crippen LogP contribution < -0.4 is 0 Å². The molecule has 7 heteroatoms. The minimum Gasteiger partial charge on any atom is -0.380 e. The second-order valence-electron chi connectivity index (χ2n) is 4.03. The summed E-state index contributed by atoms with van der Waals surface area (Å²) >= 11 is 0. The molecule has 1 unspecified atom stereocenters. The van der Waals surface area contributed by atoms with E-state index in [1.807, 2.05) is 0 Å². The summed E-state index contributed by atoms with van der Waals surface area (Å²) in [4.78, 5) is 3.79. The van der Waals surface area contributed by atoms with E-state index >= 15 is 0 Å². The van der Waals surface area contributed by atoms with E-state index in [1.54, 1.807) is 7.05 Å². The maximum absolute atomic E-state index is 13.0. The highest BCUT2D eigenvalue weighted by Gasteiger charge is 2.36. The van der Waals surface area contributed by atoms with Gasteiger partial charge in [-0.15, -0.1) is 0 Å². The van der Waals surface area contributed by atoms with Gasteiger partial charge in [0.2, 0.25) is 0 Å². The first-order valence-electron chi connectivity index (χ1n) is 5.32. The van der Waals surface area contributed by atoms with Gasteiger partial charge in [0.05, 0.1) is 5.56 Å². The number of aromatic nitrogens is 2. The van der Waals surface area contributed by atoms with Crippen molar-refractivity contribution in [3.8, 4) is 0 Å². The lowest BCUT2D eigenvalue weighted by Gasteiger charge is -2.17. The maximum atomic E-state index is 13.0. The third kappa shape index (κ3) is 2.60. The molecule has 0 saturated heterocycles. The molecule has 1 heterocycles. The second-order valence-corrected chi connectivity index (χ2v) is 4.03. The molecule has 1 N–H and O–H groups in total. The zero-order valence-electron chi connectivity index (χ0n) is 9.82.